The summed E-state index contributed by atoms with van der Waals surface area (Å²) in [7, 11) is -5.14. The molecule has 0 aromatic rings. The van der Waals surface area contributed by atoms with Gasteiger partial charge in [0.15, 0.2) is 37.2 Å². The van der Waals surface area contributed by atoms with Gasteiger partial charge in [-0.25, -0.2) is 8.42 Å². The third kappa shape index (κ3) is 14.5. The van der Waals surface area contributed by atoms with Gasteiger partial charge in [-0.3, -0.25) is 8.98 Å². The van der Waals surface area contributed by atoms with Crippen molar-refractivity contribution in [2.75, 3.05) is 13.2 Å². The molecule has 9 rings (SSSR count). The van der Waals surface area contributed by atoms with E-state index in [2.05, 4.69) is 26.8 Å². The van der Waals surface area contributed by atoms with Crippen LogP contribution in [0.4, 0.5) is 0 Å². The first-order chi connectivity index (χ1) is 40.3. The van der Waals surface area contributed by atoms with Crippen LogP contribution in [0.3, 0.4) is 0 Å². The third-order valence-electron chi connectivity index (χ3n) is 20.4. The quantitative estimate of drug-likeness (QED) is 0.0200. The van der Waals surface area contributed by atoms with Crippen molar-refractivity contribution in [3.63, 3.8) is 0 Å². The Labute approximate surface area is 528 Å². The van der Waals surface area contributed by atoms with Gasteiger partial charge in [-0.15, -0.1) is 0 Å². The van der Waals surface area contributed by atoms with Crippen molar-refractivity contribution in [1.82, 2.24) is 0 Å². The maximum Gasteiger partial charge on any atom is 1.00 e. The second-order valence-electron chi connectivity index (χ2n) is 26.3. The number of carbonyl (C=O) groups excluding carboxylic acids is 1. The molecule has 5 aliphatic heterocycles. The number of fused-ring (bicyclic) bond motifs is 5. The van der Waals surface area contributed by atoms with Gasteiger partial charge in [-0.05, 0) is 126 Å². The fourth-order valence-electron chi connectivity index (χ4n) is 15.8. The zero-order valence-electron chi connectivity index (χ0n) is 50.5. The summed E-state index contributed by atoms with van der Waals surface area (Å²) >= 11 is 0. The molecule has 5 saturated heterocycles. The molecule has 3 saturated carbocycles. The van der Waals surface area contributed by atoms with Gasteiger partial charge < -0.3 is 118 Å². The van der Waals surface area contributed by atoms with E-state index < -0.39 is 201 Å². The molecule has 13 N–H and O–H groups in total. The number of rotatable bonds is 18. The molecule has 0 amide bonds. The molecule has 0 aromatic heterocycles. The van der Waals surface area contributed by atoms with Gasteiger partial charge in [0.25, 0.3) is 0 Å². The molecule has 0 radical (unpaired) electrons. The van der Waals surface area contributed by atoms with Gasteiger partial charge in [0.05, 0.1) is 43.7 Å². The van der Waals surface area contributed by atoms with Crippen LogP contribution >= 0.6 is 0 Å². The van der Waals surface area contributed by atoms with Crippen LogP contribution in [-0.4, -0.2) is 264 Å². The summed E-state index contributed by atoms with van der Waals surface area (Å²) in [4.78, 5) is 13.1. The summed E-state index contributed by atoms with van der Waals surface area (Å²) in [5, 5.41) is 145. The van der Waals surface area contributed by atoms with Crippen molar-refractivity contribution in [3.8, 4) is 0 Å². The minimum Gasteiger partial charge on any atom is -0.726 e. The van der Waals surface area contributed by atoms with Crippen molar-refractivity contribution >= 4 is 16.2 Å². The average molecular weight is 1280 g/mol. The number of aliphatic hydroxyl groups is 13. The van der Waals surface area contributed by atoms with Crippen molar-refractivity contribution in [2.24, 2.45) is 40.4 Å². The molecule has 28 nitrogen and oxygen atoms in total. The average Bonchev–Trinajstić information content (AvgIpc) is 1.72. The van der Waals surface area contributed by atoms with Gasteiger partial charge in [0.1, 0.15) is 104 Å². The van der Waals surface area contributed by atoms with Gasteiger partial charge in [-0.1, -0.05) is 38.0 Å². The fourth-order valence-corrected chi connectivity index (χ4v) is 16.4. The Hall–Kier alpha value is -0.900. The zero-order chi connectivity index (χ0) is 63.0. The molecule has 494 valence electrons. The zero-order valence-corrected chi connectivity index (χ0v) is 53.4. The van der Waals surface area contributed by atoms with Gasteiger partial charge in [-0.2, -0.15) is 0 Å². The van der Waals surface area contributed by atoms with Crippen molar-refractivity contribution in [1.29, 1.82) is 0 Å². The number of ketones is 1. The summed E-state index contributed by atoms with van der Waals surface area (Å²) in [6.07, 6.45) is -38.1. The number of hydrogen-bond donors (Lipinski definition) is 13. The Morgan fingerprint density at radius 3 is 1.71 bits per heavy atom. The van der Waals surface area contributed by atoms with E-state index in [-0.39, 0.29) is 77.3 Å². The maximum absolute atomic E-state index is 13.1. The predicted molar refractivity (Wildman–Crippen MR) is 288 cm³/mol. The summed E-state index contributed by atoms with van der Waals surface area (Å²) in [6, 6.07) is 0. The Morgan fingerprint density at radius 1 is 0.621 bits per heavy atom. The van der Waals surface area contributed by atoms with Crippen LogP contribution in [0.15, 0.2) is 23.3 Å². The molecular formula is C57H91NaO28S. The first-order valence-electron chi connectivity index (χ1n) is 30.1. The van der Waals surface area contributed by atoms with Crippen LogP contribution in [-0.2, 0) is 66.7 Å². The molecule has 8 fully saturated rings. The largest absolute Gasteiger partial charge is 1.00 e. The second kappa shape index (κ2) is 28.6. The van der Waals surface area contributed by atoms with Crippen LogP contribution < -0.4 is 29.6 Å². The minimum absolute atomic E-state index is 0. The van der Waals surface area contributed by atoms with E-state index in [9.17, 15) is 84.1 Å². The van der Waals surface area contributed by atoms with E-state index in [0.29, 0.717) is 19.3 Å². The van der Waals surface area contributed by atoms with E-state index in [4.69, 9.17) is 51.6 Å². The van der Waals surface area contributed by atoms with E-state index >= 15 is 0 Å². The molecule has 0 bridgehead atoms. The molecular weight excluding hydrogens is 1190 g/mol. The second-order valence-corrected chi connectivity index (χ2v) is 27.4. The molecule has 87 heavy (non-hydrogen) atoms. The Kier molecular flexibility index (Phi) is 23.6. The number of hydrogen-bond acceptors (Lipinski definition) is 28. The van der Waals surface area contributed by atoms with E-state index in [0.717, 1.165) is 24.8 Å². The Balaban J connectivity index is 0.00000982. The molecule has 28 unspecified atom stereocenters. The van der Waals surface area contributed by atoms with E-state index in [1.165, 1.54) is 26.3 Å². The van der Waals surface area contributed by atoms with Gasteiger partial charge in [0, 0.05) is 6.42 Å². The van der Waals surface area contributed by atoms with Crippen LogP contribution in [0.25, 0.3) is 0 Å². The molecule has 0 spiro atoms. The first kappa shape index (κ1) is 71.9. The van der Waals surface area contributed by atoms with Crippen molar-refractivity contribution in [3.05, 3.63) is 23.3 Å². The smallest absolute Gasteiger partial charge is 0.726 e. The normalized spacial score (nSPS) is 50.6. The molecule has 5 heterocycles. The number of ether oxygens (including phenoxy) is 10. The standard InChI is InChI=1S/C57H92O28S.Na/c1-21(2)15-26(60)16-22(3)29-9-10-30-28-18-33(32-17-27(85-86(72,73)74)11-13-57(32,8)31(28)12-14-56(29,30)7)78-53-46(71)48(39(64)35(20-59)79-53)82-54-50(84-52-44(69)41(66)37(62)24(5)76-52)45(70)47(25(6)77-54)81-55-49(42(67)38(63)34(19-58)80-55)83-51-43(68)40(65)36(61)23(4)75-51;/h12,15,22-25,27-30,32-55,58-59,61-71H,9-11,13-14,16-20H2,1-8H3,(H,72,73,74);/q;+1/p-1/t22-,23?,24?,25?,27+,28?,29-,30?,32?,33+,34?,35?,36?,37?,38?,39?,40?,41?,42?,43?,44?,45?,46?,47?,48?,49?,50?,51?,52?,53?,54?,55?,56-,57-;/m1./s1. The summed E-state index contributed by atoms with van der Waals surface area (Å²) < 4.78 is 103. The fraction of sp³-hybridized carbons (Fsp3) is 0.912. The number of aliphatic hydroxyl groups excluding tert-OH is 13. The Morgan fingerprint density at radius 2 is 1.14 bits per heavy atom. The van der Waals surface area contributed by atoms with Crippen LogP contribution in [0.2, 0.25) is 0 Å². The van der Waals surface area contributed by atoms with Crippen molar-refractivity contribution in [2.45, 2.75) is 272 Å². The SMILES string of the molecule is CC(C)=CC(=O)C[C@@H](C)[C@H]1CCC2C3C[C@H](OC4OC(CO)C(O)C(OC5OC(C)C(OC6OC(CO)C(O)C(O)C6OC6OC(C)C(O)C(O)C6O)C(O)C5OC5OC(C)C(O)C(O)C5O)C4O)C4C[C@@H](OS(=O)(=O)[O-])CC[C@]4(C)C3=CC[C@@]21C.[Na+]. The first-order valence-corrected chi connectivity index (χ1v) is 31.4. The predicted octanol–water partition coefficient (Wildman–Crippen LogP) is -5.85. The van der Waals surface area contributed by atoms with Crippen molar-refractivity contribution < 1.29 is 165 Å². The van der Waals surface area contributed by atoms with E-state index in [1.54, 1.807) is 6.08 Å². The molecule has 0 aromatic carbocycles. The number of allylic oxidation sites excluding steroid dienone is 4. The minimum atomic E-state index is -5.14. The summed E-state index contributed by atoms with van der Waals surface area (Å²) in [5.41, 5.74) is 1.20. The topological polar surface area (TPSA) is 439 Å². The maximum atomic E-state index is 13.1. The molecule has 9 aliphatic rings. The summed E-state index contributed by atoms with van der Waals surface area (Å²) in [5.74, 6) is -0.231. The molecule has 34 atom stereocenters. The number of carbonyl (C=O) groups is 1. The summed E-state index contributed by atoms with van der Waals surface area (Å²) in [6.45, 7) is 12.5. The molecule has 30 heteroatoms. The Bertz CT molecular complexity index is 2500. The van der Waals surface area contributed by atoms with Crippen LogP contribution in [0.1, 0.15) is 107 Å². The van der Waals surface area contributed by atoms with Crippen LogP contribution in [0.5, 0.6) is 0 Å². The monoisotopic (exact) mass is 1280 g/mol. The van der Waals surface area contributed by atoms with Crippen LogP contribution in [0, 0.1) is 40.4 Å². The van der Waals surface area contributed by atoms with E-state index in [1.807, 2.05) is 13.8 Å². The van der Waals surface area contributed by atoms with Gasteiger partial charge >= 0.3 is 29.6 Å². The van der Waals surface area contributed by atoms with Gasteiger partial charge in [0.2, 0.25) is 10.4 Å². The third-order valence-corrected chi connectivity index (χ3v) is 21.0. The molecule has 4 aliphatic carbocycles.